The minimum atomic E-state index is 0.0315. The summed E-state index contributed by atoms with van der Waals surface area (Å²) in [6.45, 7) is 2.10. The third-order valence-corrected chi connectivity index (χ3v) is 2.67. The van der Waals surface area contributed by atoms with E-state index in [2.05, 4.69) is 22.9 Å². The first-order valence-corrected chi connectivity index (χ1v) is 5.18. The average molecular weight is 244 g/mol. The lowest BCUT2D eigenvalue weighted by Gasteiger charge is -2.11. The van der Waals surface area contributed by atoms with E-state index in [4.69, 9.17) is 5.73 Å². The molecule has 0 radical (unpaired) electrons. The summed E-state index contributed by atoms with van der Waals surface area (Å²) in [5, 5.41) is 9.41. The maximum atomic E-state index is 9.41. The highest BCUT2D eigenvalue weighted by Crippen LogP contribution is 2.27. The van der Waals surface area contributed by atoms with Gasteiger partial charge >= 0.3 is 0 Å². The second-order valence-corrected chi connectivity index (χ2v) is 3.96. The van der Waals surface area contributed by atoms with Crippen LogP contribution in [0, 0.1) is 0 Å². The van der Waals surface area contributed by atoms with Crippen molar-refractivity contribution in [1.29, 1.82) is 0 Å². The molecule has 0 heterocycles. The third kappa shape index (κ3) is 2.71. The molecule has 0 unspecified atom stereocenters. The fraction of sp³-hybridized carbons (Fsp3) is 0.400. The Balaban J connectivity index is 2.84. The van der Waals surface area contributed by atoms with Crippen molar-refractivity contribution in [2.24, 2.45) is 5.73 Å². The second-order valence-electron chi connectivity index (χ2n) is 3.11. The van der Waals surface area contributed by atoms with Crippen LogP contribution in [0.3, 0.4) is 0 Å². The summed E-state index contributed by atoms with van der Waals surface area (Å²) in [6.07, 6.45) is 2.00. The van der Waals surface area contributed by atoms with Gasteiger partial charge in [-0.05, 0) is 40.0 Å². The molecule has 3 N–H and O–H groups in total. The number of hydrogen-bond donors (Lipinski definition) is 2. The van der Waals surface area contributed by atoms with E-state index in [0.29, 0.717) is 4.47 Å². The molecule has 0 bridgehead atoms. The molecule has 0 amide bonds. The van der Waals surface area contributed by atoms with Gasteiger partial charge in [-0.1, -0.05) is 19.4 Å². The van der Waals surface area contributed by atoms with Crippen LogP contribution in [0.25, 0.3) is 0 Å². The second kappa shape index (κ2) is 4.63. The number of rotatable bonds is 3. The van der Waals surface area contributed by atoms with Crippen LogP contribution in [0.2, 0.25) is 0 Å². The molecular formula is C10H14BrNO. The zero-order chi connectivity index (χ0) is 9.84. The Labute approximate surface area is 86.9 Å². The Kier molecular flexibility index (Phi) is 3.75. The normalized spacial score (nSPS) is 12.8. The lowest BCUT2D eigenvalue weighted by Crippen LogP contribution is -2.09. The first-order chi connectivity index (χ1) is 6.15. The van der Waals surface area contributed by atoms with Crippen molar-refractivity contribution in [2.75, 3.05) is 0 Å². The van der Waals surface area contributed by atoms with Crippen molar-refractivity contribution in [3.8, 4) is 5.75 Å². The van der Waals surface area contributed by atoms with Gasteiger partial charge in [0.25, 0.3) is 0 Å². The maximum absolute atomic E-state index is 9.41. The van der Waals surface area contributed by atoms with Gasteiger partial charge in [0.1, 0.15) is 5.75 Å². The monoisotopic (exact) mass is 243 g/mol. The standard InChI is InChI=1S/C10H14BrNO/c1-2-3-9(12)7-4-5-8(11)10(13)6-7/h4-6,9,13H,2-3,12H2,1H3/t9-/m0/s1. The molecule has 1 aromatic carbocycles. The molecule has 1 rings (SSSR count). The molecular weight excluding hydrogens is 230 g/mol. The largest absolute Gasteiger partial charge is 0.507 e. The van der Waals surface area contributed by atoms with Gasteiger partial charge in [0.2, 0.25) is 0 Å². The van der Waals surface area contributed by atoms with Crippen LogP contribution in [0.5, 0.6) is 5.75 Å². The molecule has 0 aliphatic heterocycles. The van der Waals surface area contributed by atoms with Gasteiger partial charge in [-0.3, -0.25) is 0 Å². The van der Waals surface area contributed by atoms with Crippen LogP contribution in [-0.2, 0) is 0 Å². The number of halogens is 1. The van der Waals surface area contributed by atoms with E-state index in [1.54, 1.807) is 6.07 Å². The summed E-state index contributed by atoms with van der Waals surface area (Å²) in [5.41, 5.74) is 6.89. The van der Waals surface area contributed by atoms with E-state index in [9.17, 15) is 5.11 Å². The van der Waals surface area contributed by atoms with Crippen LogP contribution < -0.4 is 5.73 Å². The highest BCUT2D eigenvalue weighted by molar-refractivity contribution is 9.10. The molecule has 13 heavy (non-hydrogen) atoms. The molecule has 0 aliphatic rings. The minimum absolute atomic E-state index is 0.0315. The maximum Gasteiger partial charge on any atom is 0.130 e. The molecule has 0 aliphatic carbocycles. The summed E-state index contributed by atoms with van der Waals surface area (Å²) in [5.74, 6) is 0.254. The summed E-state index contributed by atoms with van der Waals surface area (Å²) >= 11 is 3.23. The molecule has 0 fully saturated rings. The van der Waals surface area contributed by atoms with E-state index in [-0.39, 0.29) is 11.8 Å². The fourth-order valence-electron chi connectivity index (χ4n) is 1.24. The first-order valence-electron chi connectivity index (χ1n) is 4.39. The Morgan fingerprint density at radius 1 is 1.54 bits per heavy atom. The molecule has 72 valence electrons. The van der Waals surface area contributed by atoms with Gasteiger partial charge in [-0.2, -0.15) is 0 Å². The topological polar surface area (TPSA) is 46.2 Å². The smallest absolute Gasteiger partial charge is 0.130 e. The quantitative estimate of drug-likeness (QED) is 0.858. The predicted molar refractivity (Wildman–Crippen MR) is 57.6 cm³/mol. The minimum Gasteiger partial charge on any atom is -0.507 e. The van der Waals surface area contributed by atoms with Crippen molar-refractivity contribution in [1.82, 2.24) is 0 Å². The molecule has 0 saturated carbocycles. The van der Waals surface area contributed by atoms with Gasteiger partial charge in [0.05, 0.1) is 4.47 Å². The van der Waals surface area contributed by atoms with Gasteiger partial charge in [-0.15, -0.1) is 0 Å². The third-order valence-electron chi connectivity index (χ3n) is 2.00. The number of aromatic hydroxyl groups is 1. The highest BCUT2D eigenvalue weighted by Gasteiger charge is 2.06. The first kappa shape index (κ1) is 10.5. The Hall–Kier alpha value is -0.540. The van der Waals surface area contributed by atoms with Gasteiger partial charge in [-0.25, -0.2) is 0 Å². The van der Waals surface area contributed by atoms with Gasteiger partial charge < -0.3 is 10.8 Å². The molecule has 2 nitrogen and oxygen atoms in total. The van der Waals surface area contributed by atoms with Crippen LogP contribution in [0.15, 0.2) is 22.7 Å². The highest BCUT2D eigenvalue weighted by atomic mass is 79.9. The van der Waals surface area contributed by atoms with Crippen molar-refractivity contribution in [3.05, 3.63) is 28.2 Å². The zero-order valence-corrected chi connectivity index (χ0v) is 9.21. The van der Waals surface area contributed by atoms with E-state index in [0.717, 1.165) is 18.4 Å². The molecule has 0 spiro atoms. The Bertz CT molecular complexity index is 288. The van der Waals surface area contributed by atoms with Crippen molar-refractivity contribution >= 4 is 15.9 Å². The molecule has 0 aromatic heterocycles. The lowest BCUT2D eigenvalue weighted by molar-refractivity contribution is 0.469. The zero-order valence-electron chi connectivity index (χ0n) is 7.63. The fourth-order valence-corrected chi connectivity index (χ4v) is 1.48. The summed E-state index contributed by atoms with van der Waals surface area (Å²) in [4.78, 5) is 0. The molecule has 1 aromatic rings. The van der Waals surface area contributed by atoms with Crippen molar-refractivity contribution in [2.45, 2.75) is 25.8 Å². The molecule has 1 atom stereocenters. The lowest BCUT2D eigenvalue weighted by atomic mass is 10.0. The van der Waals surface area contributed by atoms with Crippen molar-refractivity contribution in [3.63, 3.8) is 0 Å². The van der Waals surface area contributed by atoms with Gasteiger partial charge in [0, 0.05) is 6.04 Å². The van der Waals surface area contributed by atoms with E-state index >= 15 is 0 Å². The van der Waals surface area contributed by atoms with E-state index < -0.39 is 0 Å². The molecule has 3 heteroatoms. The van der Waals surface area contributed by atoms with Crippen LogP contribution in [0.1, 0.15) is 31.4 Å². The predicted octanol–water partition coefficient (Wildman–Crippen LogP) is 2.95. The van der Waals surface area contributed by atoms with E-state index in [1.807, 2.05) is 12.1 Å². The number of hydrogen-bond acceptors (Lipinski definition) is 2. The average Bonchev–Trinajstić information content (AvgIpc) is 2.10. The summed E-state index contributed by atoms with van der Waals surface area (Å²) < 4.78 is 0.708. The SMILES string of the molecule is CCC[C@H](N)c1ccc(Br)c(O)c1. The molecule has 0 saturated heterocycles. The van der Waals surface area contributed by atoms with Crippen LogP contribution in [0.4, 0.5) is 0 Å². The number of nitrogens with two attached hydrogens (primary N) is 1. The van der Waals surface area contributed by atoms with Crippen molar-refractivity contribution < 1.29 is 5.11 Å². The van der Waals surface area contributed by atoms with E-state index in [1.165, 1.54) is 0 Å². The summed E-state index contributed by atoms with van der Waals surface area (Å²) in [7, 11) is 0. The number of phenolic OH excluding ortho intramolecular Hbond substituents is 1. The Morgan fingerprint density at radius 3 is 2.77 bits per heavy atom. The number of phenols is 1. The summed E-state index contributed by atoms with van der Waals surface area (Å²) in [6, 6.07) is 5.50. The van der Waals surface area contributed by atoms with Crippen LogP contribution in [-0.4, -0.2) is 5.11 Å². The van der Waals surface area contributed by atoms with Crippen LogP contribution >= 0.6 is 15.9 Å². The number of benzene rings is 1. The van der Waals surface area contributed by atoms with Gasteiger partial charge in [0.15, 0.2) is 0 Å². The Morgan fingerprint density at radius 2 is 2.23 bits per heavy atom.